The van der Waals surface area contributed by atoms with Gasteiger partial charge in [-0.2, -0.15) is 0 Å². The van der Waals surface area contributed by atoms with Crippen molar-refractivity contribution in [1.82, 2.24) is 16.0 Å². The molecule has 0 aliphatic heterocycles. The first-order valence-electron chi connectivity index (χ1n) is 15.9. The van der Waals surface area contributed by atoms with E-state index in [2.05, 4.69) is 36.7 Å². The third-order valence-corrected chi connectivity index (χ3v) is 6.98. The molecule has 0 aromatic heterocycles. The van der Waals surface area contributed by atoms with Gasteiger partial charge < -0.3 is 20.7 Å². The number of amides is 3. The molecule has 0 radical (unpaired) electrons. The third-order valence-electron chi connectivity index (χ3n) is 6.98. The number of nitrogens with one attached hydrogen (secondary N) is 3. The van der Waals surface area contributed by atoms with Crippen molar-refractivity contribution in [2.75, 3.05) is 13.2 Å². The van der Waals surface area contributed by atoms with Crippen molar-refractivity contribution in [3.05, 3.63) is 48.0 Å². The Morgan fingerprint density at radius 3 is 2.10 bits per heavy atom. The van der Waals surface area contributed by atoms with Gasteiger partial charge in [0.05, 0.1) is 5.60 Å². The van der Waals surface area contributed by atoms with Crippen LogP contribution < -0.4 is 16.0 Å². The molecule has 3 N–H and O–H groups in total. The molecule has 0 saturated heterocycles. The second-order valence-corrected chi connectivity index (χ2v) is 11.6. The fourth-order valence-corrected chi connectivity index (χ4v) is 4.03. The SMILES string of the molecule is CC.CC.CCC(C)(C)OCCC(C)(C)C(=O)NCCCCC(NC(=O)c1cccc2ccccc12)C(=O)NC(C)C. The van der Waals surface area contributed by atoms with Crippen LogP contribution >= 0.6 is 0 Å². The van der Waals surface area contributed by atoms with Gasteiger partial charge in [0.25, 0.3) is 5.91 Å². The smallest absolute Gasteiger partial charge is 0.252 e. The molecule has 0 bridgehead atoms. The highest BCUT2D eigenvalue weighted by Crippen LogP contribution is 2.23. The normalized spacial score (nSPS) is 11.9. The predicted molar refractivity (Wildman–Crippen MR) is 177 cm³/mol. The lowest BCUT2D eigenvalue weighted by Gasteiger charge is -2.28. The van der Waals surface area contributed by atoms with Crippen LogP contribution in [0.2, 0.25) is 0 Å². The van der Waals surface area contributed by atoms with Crippen molar-refractivity contribution in [3.63, 3.8) is 0 Å². The van der Waals surface area contributed by atoms with E-state index in [1.807, 2.05) is 91.8 Å². The maximum atomic E-state index is 13.2. The van der Waals surface area contributed by atoms with Crippen LogP contribution in [0.1, 0.15) is 119 Å². The number of unbranched alkanes of at least 4 members (excludes halogenated alkanes) is 1. The molecule has 3 amide bonds. The fraction of sp³-hybridized carbons (Fsp3) is 0.629. The van der Waals surface area contributed by atoms with Crippen LogP contribution in [0.25, 0.3) is 10.8 Å². The van der Waals surface area contributed by atoms with Gasteiger partial charge in [-0.05, 0) is 76.6 Å². The predicted octanol–water partition coefficient (Wildman–Crippen LogP) is 7.42. The molecule has 1 atom stereocenters. The largest absolute Gasteiger partial charge is 0.376 e. The maximum Gasteiger partial charge on any atom is 0.252 e. The van der Waals surface area contributed by atoms with Gasteiger partial charge >= 0.3 is 0 Å². The summed E-state index contributed by atoms with van der Waals surface area (Å²) in [6.45, 7) is 22.9. The van der Waals surface area contributed by atoms with E-state index < -0.39 is 11.5 Å². The monoisotopic (exact) mass is 585 g/mol. The second kappa shape index (κ2) is 20.1. The Morgan fingerprint density at radius 2 is 1.48 bits per heavy atom. The molecule has 0 aliphatic rings. The van der Waals surface area contributed by atoms with Crippen LogP contribution in [0.15, 0.2) is 42.5 Å². The third kappa shape index (κ3) is 13.8. The van der Waals surface area contributed by atoms with Crippen molar-refractivity contribution in [2.24, 2.45) is 5.41 Å². The number of fused-ring (bicyclic) bond motifs is 1. The maximum absolute atomic E-state index is 13.2. The first-order valence-corrected chi connectivity index (χ1v) is 15.9. The van der Waals surface area contributed by atoms with Gasteiger partial charge in [-0.3, -0.25) is 14.4 Å². The summed E-state index contributed by atoms with van der Waals surface area (Å²) in [6, 6.07) is 12.6. The summed E-state index contributed by atoms with van der Waals surface area (Å²) in [5.41, 5.74) is -0.171. The minimum Gasteiger partial charge on any atom is -0.376 e. The molecule has 7 heteroatoms. The molecule has 2 aromatic rings. The van der Waals surface area contributed by atoms with Crippen molar-refractivity contribution < 1.29 is 19.1 Å². The first kappa shape index (κ1) is 39.1. The molecule has 0 spiro atoms. The van der Waals surface area contributed by atoms with E-state index >= 15 is 0 Å². The summed E-state index contributed by atoms with van der Waals surface area (Å²) in [5, 5.41) is 10.7. The second-order valence-electron chi connectivity index (χ2n) is 11.6. The Bertz CT molecular complexity index is 1070. The zero-order chi connectivity index (χ0) is 32.3. The number of carbonyl (C=O) groups excluding carboxylic acids is 3. The Kier molecular flexibility index (Phi) is 18.7. The van der Waals surface area contributed by atoms with E-state index in [1.54, 1.807) is 6.07 Å². The summed E-state index contributed by atoms with van der Waals surface area (Å²) in [6.07, 6.45) is 3.42. The molecular weight excluding hydrogens is 526 g/mol. The number of carbonyl (C=O) groups is 3. The van der Waals surface area contributed by atoms with Crippen molar-refractivity contribution in [3.8, 4) is 0 Å². The summed E-state index contributed by atoms with van der Waals surface area (Å²) in [4.78, 5) is 38.8. The number of hydrogen-bond donors (Lipinski definition) is 3. The fourth-order valence-electron chi connectivity index (χ4n) is 4.03. The Labute approximate surface area is 255 Å². The zero-order valence-corrected chi connectivity index (χ0v) is 28.3. The van der Waals surface area contributed by atoms with Gasteiger partial charge in [0.15, 0.2) is 0 Å². The molecule has 2 rings (SSSR count). The minimum absolute atomic E-state index is 0.00577. The van der Waals surface area contributed by atoms with Crippen LogP contribution in [0.5, 0.6) is 0 Å². The zero-order valence-electron chi connectivity index (χ0n) is 28.3. The summed E-state index contributed by atoms with van der Waals surface area (Å²) in [7, 11) is 0. The summed E-state index contributed by atoms with van der Waals surface area (Å²) >= 11 is 0. The average Bonchev–Trinajstić information content (AvgIpc) is 2.97. The van der Waals surface area contributed by atoms with Crippen molar-refractivity contribution in [2.45, 2.75) is 126 Å². The topological polar surface area (TPSA) is 96.5 Å². The molecule has 0 saturated carbocycles. The standard InChI is InChI=1S/C31H47N3O4.2C2H6/c1-8-31(6,7)38-21-19-30(4,5)29(37)32-20-12-11-18-26(28(36)33-22(2)3)34-27(35)25-17-13-15-23-14-9-10-16-24(23)25;2*1-2/h9-10,13-17,22,26H,8,11-12,18-21H2,1-7H3,(H,32,37)(H,33,36)(H,34,35);2*1-2H3. The summed E-state index contributed by atoms with van der Waals surface area (Å²) < 4.78 is 5.92. The van der Waals surface area contributed by atoms with Crippen molar-refractivity contribution in [1.29, 1.82) is 0 Å². The lowest BCUT2D eigenvalue weighted by molar-refractivity contribution is -0.131. The Balaban J connectivity index is 0.00000402. The molecule has 7 nitrogen and oxygen atoms in total. The lowest BCUT2D eigenvalue weighted by Crippen LogP contribution is -2.48. The van der Waals surface area contributed by atoms with Crippen LogP contribution in [-0.4, -0.2) is 48.6 Å². The van der Waals surface area contributed by atoms with Gasteiger partial charge in [0.1, 0.15) is 6.04 Å². The Morgan fingerprint density at radius 1 is 0.857 bits per heavy atom. The number of ether oxygens (including phenoxy) is 1. The molecule has 2 aromatic carbocycles. The van der Waals surface area contributed by atoms with E-state index in [1.165, 1.54) is 0 Å². The first-order chi connectivity index (χ1) is 19.9. The average molecular weight is 586 g/mol. The van der Waals surface area contributed by atoms with Crippen LogP contribution in [0.4, 0.5) is 0 Å². The molecular formula is C35H59N3O4. The highest BCUT2D eigenvalue weighted by atomic mass is 16.5. The van der Waals surface area contributed by atoms with Gasteiger partial charge in [0, 0.05) is 30.2 Å². The van der Waals surface area contributed by atoms with E-state index in [-0.39, 0.29) is 29.4 Å². The molecule has 238 valence electrons. The van der Waals surface area contributed by atoms with Gasteiger partial charge in [-0.25, -0.2) is 0 Å². The Hall–Kier alpha value is -2.93. The number of rotatable bonds is 15. The molecule has 0 aliphatic carbocycles. The van der Waals surface area contributed by atoms with E-state index in [0.29, 0.717) is 44.4 Å². The van der Waals surface area contributed by atoms with Crippen molar-refractivity contribution >= 4 is 28.5 Å². The van der Waals surface area contributed by atoms with Crippen LogP contribution in [-0.2, 0) is 14.3 Å². The molecule has 0 fully saturated rings. The van der Waals surface area contributed by atoms with Crippen LogP contribution in [0, 0.1) is 5.41 Å². The van der Waals surface area contributed by atoms with Gasteiger partial charge in [-0.1, -0.05) is 84.9 Å². The van der Waals surface area contributed by atoms with Gasteiger partial charge in [0.2, 0.25) is 11.8 Å². The highest BCUT2D eigenvalue weighted by molar-refractivity contribution is 6.08. The molecule has 42 heavy (non-hydrogen) atoms. The molecule has 0 heterocycles. The quantitative estimate of drug-likeness (QED) is 0.190. The minimum atomic E-state index is -0.657. The number of benzene rings is 2. The highest BCUT2D eigenvalue weighted by Gasteiger charge is 2.28. The summed E-state index contributed by atoms with van der Waals surface area (Å²) in [5.74, 6) is -0.475. The van der Waals surface area contributed by atoms with E-state index in [9.17, 15) is 14.4 Å². The molecule has 1 unspecified atom stereocenters. The van der Waals surface area contributed by atoms with E-state index in [4.69, 9.17) is 4.74 Å². The van der Waals surface area contributed by atoms with Crippen LogP contribution in [0.3, 0.4) is 0 Å². The number of hydrogen-bond acceptors (Lipinski definition) is 4. The lowest BCUT2D eigenvalue weighted by atomic mass is 9.88. The van der Waals surface area contributed by atoms with E-state index in [0.717, 1.165) is 17.2 Å². The van der Waals surface area contributed by atoms with Gasteiger partial charge in [-0.15, -0.1) is 0 Å².